The molecule has 0 amide bonds. The van der Waals surface area contributed by atoms with Crippen molar-refractivity contribution in [2.45, 2.75) is 186 Å². The number of carbonyl (C=O) groups excluding carboxylic acids is 1. The number of allylic oxidation sites excluding steroid dienone is 1. The second-order valence-corrected chi connectivity index (χ2v) is 31.2. The molecule has 0 spiro atoms. The van der Waals surface area contributed by atoms with E-state index in [1.165, 1.54) is 0 Å². The lowest BCUT2D eigenvalue weighted by molar-refractivity contribution is -0.266. The van der Waals surface area contributed by atoms with E-state index in [9.17, 15) is 4.79 Å². The summed E-state index contributed by atoms with van der Waals surface area (Å²) in [6, 6.07) is 0. The third-order valence-electron chi connectivity index (χ3n) is 10.6. The molecule has 41 heavy (non-hydrogen) atoms. The van der Waals surface area contributed by atoms with Gasteiger partial charge < -0.3 is 27.5 Å². The van der Waals surface area contributed by atoms with Gasteiger partial charge in [0.15, 0.2) is 25.0 Å². The van der Waals surface area contributed by atoms with E-state index in [0.717, 1.165) is 19.1 Å². The highest BCUT2D eigenvalue weighted by molar-refractivity contribution is 6.75. The minimum atomic E-state index is -2.27. The molecule has 7 atom stereocenters. The number of carbonyl (C=O) groups is 1. The molecule has 3 unspecified atom stereocenters. The molecule has 2 saturated heterocycles. The standard InChI is InChI=1S/C32H64O6Si3/c1-17-18-25(36-39(11,12)30(2,3)4)27-29(38-41(15,16)32(8,9)10)28(37-40(13,14)31(5,6)7)26-24(35-27)20-19-23(34-26)21-22-33/h17-18,22-29H,19-21H2,1-16H3/b18-17+/t23-,24+,25?,26-,27-,28?,29?/m1/s1. The number of fused-ring (bicyclic) bond motifs is 1. The van der Waals surface area contributed by atoms with Crippen molar-refractivity contribution in [2.75, 3.05) is 0 Å². The van der Waals surface area contributed by atoms with Crippen LogP contribution in [0.3, 0.4) is 0 Å². The molecule has 0 radical (unpaired) electrons. The number of aldehydes is 1. The number of rotatable bonds is 10. The lowest BCUT2D eigenvalue weighted by Gasteiger charge is -2.56. The Bertz CT molecular complexity index is 897. The van der Waals surface area contributed by atoms with Crippen molar-refractivity contribution in [3.8, 4) is 0 Å². The van der Waals surface area contributed by atoms with Crippen molar-refractivity contribution >= 4 is 31.2 Å². The molecular formula is C32H64O6Si3. The van der Waals surface area contributed by atoms with Gasteiger partial charge in [-0.25, -0.2) is 0 Å². The summed E-state index contributed by atoms with van der Waals surface area (Å²) >= 11 is 0. The molecule has 0 saturated carbocycles. The maximum absolute atomic E-state index is 11.5. The van der Waals surface area contributed by atoms with Crippen LogP contribution in [0.4, 0.5) is 0 Å². The SMILES string of the molecule is C/C=C/C(O[Si](C)(C)C(C)(C)C)[C@H]1O[C@H]2CC[C@H](CC=O)O[C@H]2C(O[Si](C)(C)C(C)(C)C)C1O[Si](C)(C)C(C)(C)C. The summed E-state index contributed by atoms with van der Waals surface area (Å²) in [5.74, 6) is 0. The van der Waals surface area contributed by atoms with Crippen LogP contribution in [0.25, 0.3) is 0 Å². The van der Waals surface area contributed by atoms with Gasteiger partial charge in [-0.2, -0.15) is 0 Å². The predicted octanol–water partition coefficient (Wildman–Crippen LogP) is 8.64. The summed E-state index contributed by atoms with van der Waals surface area (Å²) in [6.45, 7) is 36.3. The highest BCUT2D eigenvalue weighted by Gasteiger charge is 2.57. The molecule has 2 aliphatic heterocycles. The van der Waals surface area contributed by atoms with Gasteiger partial charge in [-0.1, -0.05) is 74.5 Å². The molecule has 2 aliphatic rings. The summed E-state index contributed by atoms with van der Waals surface area (Å²) in [5.41, 5.74) is 0. The summed E-state index contributed by atoms with van der Waals surface area (Å²) < 4.78 is 35.6. The molecule has 6 nitrogen and oxygen atoms in total. The first-order chi connectivity index (χ1) is 18.4. The van der Waals surface area contributed by atoms with Gasteiger partial charge in [0.25, 0.3) is 0 Å². The zero-order valence-corrected chi connectivity index (χ0v) is 32.3. The second-order valence-electron chi connectivity index (χ2n) is 16.9. The van der Waals surface area contributed by atoms with E-state index in [1.807, 2.05) is 0 Å². The Morgan fingerprint density at radius 3 is 1.68 bits per heavy atom. The van der Waals surface area contributed by atoms with Crippen LogP contribution in [-0.4, -0.2) is 74.0 Å². The predicted molar refractivity (Wildman–Crippen MR) is 178 cm³/mol. The van der Waals surface area contributed by atoms with E-state index < -0.39 is 25.0 Å². The first kappa shape index (κ1) is 37.0. The first-order valence-corrected chi connectivity index (χ1v) is 24.5. The van der Waals surface area contributed by atoms with Crippen LogP contribution < -0.4 is 0 Å². The molecule has 2 heterocycles. The Balaban J connectivity index is 2.73. The fraction of sp³-hybridized carbons (Fsp3) is 0.906. The molecule has 0 aromatic carbocycles. The highest BCUT2D eigenvalue weighted by Crippen LogP contribution is 2.47. The Hall–Kier alpha value is -0.139. The molecule has 0 bridgehead atoms. The molecule has 0 aromatic heterocycles. The summed E-state index contributed by atoms with van der Waals surface area (Å²) in [4.78, 5) is 11.5. The van der Waals surface area contributed by atoms with E-state index in [0.29, 0.717) is 6.42 Å². The van der Waals surface area contributed by atoms with Crippen LogP contribution in [-0.2, 0) is 27.5 Å². The van der Waals surface area contributed by atoms with Gasteiger partial charge in [0.1, 0.15) is 30.7 Å². The van der Waals surface area contributed by atoms with E-state index in [1.54, 1.807) is 0 Å². The van der Waals surface area contributed by atoms with E-state index in [-0.39, 0.29) is 57.8 Å². The fourth-order valence-corrected chi connectivity index (χ4v) is 8.60. The second kappa shape index (κ2) is 13.1. The minimum absolute atomic E-state index is 0.000221. The molecule has 0 aliphatic carbocycles. The first-order valence-electron chi connectivity index (χ1n) is 15.8. The van der Waals surface area contributed by atoms with Gasteiger partial charge in [0, 0.05) is 6.42 Å². The van der Waals surface area contributed by atoms with Crippen molar-refractivity contribution < 1.29 is 27.5 Å². The van der Waals surface area contributed by atoms with Crippen molar-refractivity contribution in [1.82, 2.24) is 0 Å². The zero-order valence-electron chi connectivity index (χ0n) is 29.3. The van der Waals surface area contributed by atoms with Gasteiger partial charge in [-0.05, 0) is 74.2 Å². The topological polar surface area (TPSA) is 63.2 Å². The number of ether oxygens (including phenoxy) is 2. The molecule has 240 valence electrons. The molecule has 9 heteroatoms. The highest BCUT2D eigenvalue weighted by atomic mass is 28.4. The lowest BCUT2D eigenvalue weighted by Crippen LogP contribution is -2.69. The van der Waals surface area contributed by atoms with Gasteiger partial charge in [0.05, 0.1) is 18.3 Å². The maximum Gasteiger partial charge on any atom is 0.193 e. The molecule has 2 rings (SSSR count). The van der Waals surface area contributed by atoms with Crippen molar-refractivity contribution in [3.63, 3.8) is 0 Å². The van der Waals surface area contributed by atoms with Crippen molar-refractivity contribution in [2.24, 2.45) is 0 Å². The smallest absolute Gasteiger partial charge is 0.193 e. The molecular weight excluding hydrogens is 565 g/mol. The summed E-state index contributed by atoms with van der Waals surface area (Å²) in [5, 5.41) is 0.0572. The van der Waals surface area contributed by atoms with Crippen molar-refractivity contribution in [3.05, 3.63) is 12.2 Å². The Kier molecular flexibility index (Phi) is 11.8. The molecule has 2 fully saturated rings. The van der Waals surface area contributed by atoms with Crippen molar-refractivity contribution in [1.29, 1.82) is 0 Å². The van der Waals surface area contributed by atoms with Crippen LogP contribution in [0.2, 0.25) is 54.4 Å². The Morgan fingerprint density at radius 2 is 1.24 bits per heavy atom. The van der Waals surface area contributed by atoms with E-state index >= 15 is 0 Å². The summed E-state index contributed by atoms with van der Waals surface area (Å²) in [6.07, 6.45) is 5.37. The van der Waals surface area contributed by atoms with Gasteiger partial charge in [0.2, 0.25) is 0 Å². The Labute approximate surface area is 256 Å². The van der Waals surface area contributed by atoms with Gasteiger partial charge in [-0.3, -0.25) is 0 Å². The molecule has 0 N–H and O–H groups in total. The third kappa shape index (κ3) is 8.74. The minimum Gasteiger partial charge on any atom is -0.408 e. The van der Waals surface area contributed by atoms with Crippen LogP contribution in [0.1, 0.15) is 88.5 Å². The summed E-state index contributed by atoms with van der Waals surface area (Å²) in [7, 11) is -6.68. The van der Waals surface area contributed by atoms with E-state index in [2.05, 4.69) is 121 Å². The average molecular weight is 629 g/mol. The van der Waals surface area contributed by atoms with Crippen LogP contribution in [0.15, 0.2) is 12.2 Å². The fourth-order valence-electron chi connectivity index (χ4n) is 4.75. The van der Waals surface area contributed by atoms with Crippen LogP contribution >= 0.6 is 0 Å². The van der Waals surface area contributed by atoms with E-state index in [4.69, 9.17) is 22.8 Å². The molecule has 0 aromatic rings. The van der Waals surface area contributed by atoms with Gasteiger partial charge in [-0.15, -0.1) is 0 Å². The zero-order chi connectivity index (χ0) is 31.8. The van der Waals surface area contributed by atoms with Gasteiger partial charge >= 0.3 is 0 Å². The number of hydrogen-bond acceptors (Lipinski definition) is 6. The number of hydrogen-bond donors (Lipinski definition) is 0. The van der Waals surface area contributed by atoms with Crippen LogP contribution in [0, 0.1) is 0 Å². The quantitative estimate of drug-likeness (QED) is 0.137. The third-order valence-corrected chi connectivity index (χ3v) is 24.0. The average Bonchev–Trinajstić information content (AvgIpc) is 2.78. The van der Waals surface area contributed by atoms with Crippen LogP contribution in [0.5, 0.6) is 0 Å². The lowest BCUT2D eigenvalue weighted by atomic mass is 9.87. The maximum atomic E-state index is 11.5. The monoisotopic (exact) mass is 628 g/mol. The largest absolute Gasteiger partial charge is 0.408 e. The normalized spacial score (nSPS) is 29.9. The Morgan fingerprint density at radius 1 is 0.756 bits per heavy atom.